The van der Waals surface area contributed by atoms with Crippen molar-refractivity contribution >= 4 is 5.91 Å². The Morgan fingerprint density at radius 1 is 1.35 bits per heavy atom. The predicted molar refractivity (Wildman–Crippen MR) is 77.0 cm³/mol. The van der Waals surface area contributed by atoms with Gasteiger partial charge in [0.1, 0.15) is 5.54 Å². The fraction of sp³-hybridized carbons (Fsp3) is 0.562. The molecule has 0 aromatic heterocycles. The molecule has 2 N–H and O–H groups in total. The first-order valence-corrected chi connectivity index (χ1v) is 7.25. The summed E-state index contributed by atoms with van der Waals surface area (Å²) in [5.41, 5.74) is 6.43. The molecule has 1 amide bonds. The quantitative estimate of drug-likeness (QED) is 0.889. The van der Waals surface area contributed by atoms with Crippen LogP contribution in [0.1, 0.15) is 25.3 Å². The Morgan fingerprint density at radius 3 is 2.75 bits per heavy atom. The molecule has 3 rings (SSSR count). The van der Waals surface area contributed by atoms with Gasteiger partial charge in [-0.15, -0.1) is 0 Å². The maximum absolute atomic E-state index is 12.8. The Morgan fingerprint density at radius 2 is 2.10 bits per heavy atom. The van der Waals surface area contributed by atoms with Gasteiger partial charge in [0.15, 0.2) is 0 Å². The van der Waals surface area contributed by atoms with Crippen molar-refractivity contribution < 1.29 is 9.53 Å². The molecule has 0 saturated carbocycles. The summed E-state index contributed by atoms with van der Waals surface area (Å²) in [7, 11) is 0. The zero-order chi connectivity index (χ0) is 14.2. The van der Waals surface area contributed by atoms with Gasteiger partial charge in [-0.1, -0.05) is 30.3 Å². The number of hydrogen-bond donors (Lipinski definition) is 1. The number of amides is 1. The monoisotopic (exact) mass is 274 g/mol. The highest BCUT2D eigenvalue weighted by atomic mass is 16.5. The number of benzene rings is 1. The van der Waals surface area contributed by atoms with E-state index in [0.29, 0.717) is 0 Å². The molecular weight excluding hydrogens is 252 g/mol. The first-order valence-electron chi connectivity index (χ1n) is 7.25. The largest absolute Gasteiger partial charge is 0.381 e. The minimum atomic E-state index is -0.952. The molecule has 20 heavy (non-hydrogen) atoms. The SMILES string of the molecule is CC(N)(C(=O)N1CCC2(CCOC2)C1)c1ccccc1. The van der Waals surface area contributed by atoms with Crippen LogP contribution in [-0.4, -0.2) is 37.1 Å². The van der Waals surface area contributed by atoms with E-state index < -0.39 is 5.54 Å². The zero-order valence-corrected chi connectivity index (χ0v) is 12.0. The van der Waals surface area contributed by atoms with E-state index in [0.717, 1.165) is 44.7 Å². The second-order valence-corrected chi connectivity index (χ2v) is 6.35. The first-order chi connectivity index (χ1) is 9.54. The molecular formula is C16H22N2O2. The van der Waals surface area contributed by atoms with E-state index in [1.807, 2.05) is 35.2 Å². The summed E-state index contributed by atoms with van der Waals surface area (Å²) in [6, 6.07) is 9.61. The second-order valence-electron chi connectivity index (χ2n) is 6.35. The maximum atomic E-state index is 12.8. The fourth-order valence-corrected chi connectivity index (χ4v) is 3.32. The Hall–Kier alpha value is -1.39. The smallest absolute Gasteiger partial charge is 0.246 e. The average molecular weight is 274 g/mol. The lowest BCUT2D eigenvalue weighted by atomic mass is 9.86. The van der Waals surface area contributed by atoms with E-state index in [1.165, 1.54) is 0 Å². The summed E-state index contributed by atoms with van der Waals surface area (Å²) in [5.74, 6) is 0.0208. The molecule has 0 aliphatic carbocycles. The number of nitrogens with zero attached hydrogens (tertiary/aromatic N) is 1. The van der Waals surface area contributed by atoms with E-state index in [9.17, 15) is 4.79 Å². The van der Waals surface area contributed by atoms with Gasteiger partial charge in [0.2, 0.25) is 5.91 Å². The van der Waals surface area contributed by atoms with Crippen molar-refractivity contribution in [1.29, 1.82) is 0 Å². The molecule has 108 valence electrons. The predicted octanol–water partition coefficient (Wildman–Crippen LogP) is 1.50. The van der Waals surface area contributed by atoms with Gasteiger partial charge in [-0.3, -0.25) is 4.79 Å². The Bertz CT molecular complexity index is 492. The topological polar surface area (TPSA) is 55.6 Å². The van der Waals surface area contributed by atoms with E-state index in [-0.39, 0.29) is 11.3 Å². The van der Waals surface area contributed by atoms with Gasteiger partial charge in [-0.2, -0.15) is 0 Å². The number of carbonyl (C=O) groups is 1. The fourth-order valence-electron chi connectivity index (χ4n) is 3.32. The van der Waals surface area contributed by atoms with Crippen LogP contribution in [0.15, 0.2) is 30.3 Å². The highest BCUT2D eigenvalue weighted by molar-refractivity contribution is 5.87. The zero-order valence-electron chi connectivity index (χ0n) is 12.0. The van der Waals surface area contributed by atoms with Crippen molar-refractivity contribution in [2.45, 2.75) is 25.3 Å². The Labute approximate surface area is 119 Å². The Kier molecular flexibility index (Phi) is 3.30. The summed E-state index contributed by atoms with van der Waals surface area (Å²) in [6.45, 7) is 4.98. The van der Waals surface area contributed by atoms with Crippen LogP contribution < -0.4 is 5.73 Å². The molecule has 0 radical (unpaired) electrons. The molecule has 4 heteroatoms. The van der Waals surface area contributed by atoms with Crippen LogP contribution in [0.5, 0.6) is 0 Å². The van der Waals surface area contributed by atoms with Crippen LogP contribution in [0.25, 0.3) is 0 Å². The van der Waals surface area contributed by atoms with Crippen molar-refractivity contribution in [2.24, 2.45) is 11.1 Å². The van der Waals surface area contributed by atoms with Crippen molar-refractivity contribution in [1.82, 2.24) is 4.90 Å². The molecule has 0 bridgehead atoms. The third-order valence-corrected chi connectivity index (χ3v) is 4.73. The molecule has 1 aromatic rings. The Balaban J connectivity index is 1.76. The van der Waals surface area contributed by atoms with Crippen LogP contribution in [0.2, 0.25) is 0 Å². The average Bonchev–Trinajstić information content (AvgIpc) is 3.10. The molecule has 1 aromatic carbocycles. The number of hydrogen-bond acceptors (Lipinski definition) is 3. The van der Waals surface area contributed by atoms with Gasteiger partial charge in [-0.25, -0.2) is 0 Å². The van der Waals surface area contributed by atoms with E-state index in [4.69, 9.17) is 10.5 Å². The van der Waals surface area contributed by atoms with Crippen LogP contribution in [0, 0.1) is 5.41 Å². The highest BCUT2D eigenvalue weighted by Gasteiger charge is 2.45. The van der Waals surface area contributed by atoms with Crippen LogP contribution >= 0.6 is 0 Å². The normalized spacial score (nSPS) is 28.8. The first kappa shape index (κ1) is 13.6. The second kappa shape index (κ2) is 4.86. The number of ether oxygens (including phenoxy) is 1. The number of nitrogens with two attached hydrogens (primary N) is 1. The summed E-state index contributed by atoms with van der Waals surface area (Å²) in [6.07, 6.45) is 2.09. The van der Waals surface area contributed by atoms with Gasteiger partial charge in [-0.05, 0) is 25.3 Å². The third-order valence-electron chi connectivity index (χ3n) is 4.73. The number of likely N-dealkylation sites (tertiary alicyclic amines) is 1. The van der Waals surface area contributed by atoms with Gasteiger partial charge >= 0.3 is 0 Å². The molecule has 2 aliphatic rings. The molecule has 1 spiro atoms. The minimum absolute atomic E-state index is 0.0208. The minimum Gasteiger partial charge on any atom is -0.381 e. The molecule has 2 saturated heterocycles. The highest BCUT2D eigenvalue weighted by Crippen LogP contribution is 2.39. The van der Waals surface area contributed by atoms with Gasteiger partial charge in [0.25, 0.3) is 0 Å². The van der Waals surface area contributed by atoms with Gasteiger partial charge in [0.05, 0.1) is 6.61 Å². The lowest BCUT2D eigenvalue weighted by molar-refractivity contribution is -0.136. The third kappa shape index (κ3) is 2.23. The molecule has 2 atom stereocenters. The van der Waals surface area contributed by atoms with E-state index in [2.05, 4.69) is 0 Å². The molecule has 2 heterocycles. The van der Waals surface area contributed by atoms with Crippen molar-refractivity contribution in [3.05, 3.63) is 35.9 Å². The van der Waals surface area contributed by atoms with Crippen molar-refractivity contribution in [3.63, 3.8) is 0 Å². The van der Waals surface area contributed by atoms with Crippen LogP contribution in [-0.2, 0) is 15.1 Å². The number of carbonyl (C=O) groups excluding carboxylic acids is 1. The van der Waals surface area contributed by atoms with Crippen LogP contribution in [0.3, 0.4) is 0 Å². The van der Waals surface area contributed by atoms with Crippen molar-refractivity contribution in [3.8, 4) is 0 Å². The molecule has 2 unspecified atom stereocenters. The van der Waals surface area contributed by atoms with Crippen molar-refractivity contribution in [2.75, 3.05) is 26.3 Å². The summed E-state index contributed by atoms with van der Waals surface area (Å²) in [4.78, 5) is 14.7. The lowest BCUT2D eigenvalue weighted by Crippen LogP contribution is -2.50. The maximum Gasteiger partial charge on any atom is 0.246 e. The molecule has 2 fully saturated rings. The van der Waals surface area contributed by atoms with Gasteiger partial charge < -0.3 is 15.4 Å². The molecule has 2 aliphatic heterocycles. The lowest BCUT2D eigenvalue weighted by Gasteiger charge is -2.30. The van der Waals surface area contributed by atoms with Crippen LogP contribution in [0.4, 0.5) is 0 Å². The van der Waals surface area contributed by atoms with Gasteiger partial charge in [0, 0.05) is 25.1 Å². The summed E-state index contributed by atoms with van der Waals surface area (Å²) < 4.78 is 5.51. The number of rotatable bonds is 2. The molecule has 4 nitrogen and oxygen atoms in total. The van der Waals surface area contributed by atoms with E-state index in [1.54, 1.807) is 6.92 Å². The van der Waals surface area contributed by atoms with E-state index >= 15 is 0 Å². The standard InChI is InChI=1S/C16H22N2O2/c1-15(17,13-5-3-2-4-6-13)14(19)18-9-7-16(11-18)8-10-20-12-16/h2-6H,7-12,17H2,1H3. The summed E-state index contributed by atoms with van der Waals surface area (Å²) in [5, 5.41) is 0. The summed E-state index contributed by atoms with van der Waals surface area (Å²) >= 11 is 0.